The third-order valence-corrected chi connectivity index (χ3v) is 5.65. The number of aryl methyl sites for hydroxylation is 1. The molecule has 1 aliphatic rings. The van der Waals surface area contributed by atoms with Gasteiger partial charge in [-0.05, 0) is 42.3 Å². The van der Waals surface area contributed by atoms with Gasteiger partial charge in [0.15, 0.2) is 0 Å². The molecule has 3 aromatic carbocycles. The van der Waals surface area contributed by atoms with Gasteiger partial charge in [0.1, 0.15) is 18.2 Å². The minimum absolute atomic E-state index is 0.0667. The van der Waals surface area contributed by atoms with Crippen LogP contribution in [0.5, 0.6) is 5.75 Å². The Bertz CT molecular complexity index is 1050. The van der Waals surface area contributed by atoms with E-state index in [1.807, 2.05) is 19.1 Å². The number of carbonyl (C=O) groups is 1. The Labute approximate surface area is 186 Å². The second kappa shape index (κ2) is 9.40. The molecule has 3 aromatic rings. The number of amides is 1. The second-order valence-corrected chi connectivity index (χ2v) is 8.23. The van der Waals surface area contributed by atoms with Crippen LogP contribution in [-0.2, 0) is 17.9 Å². The van der Waals surface area contributed by atoms with Gasteiger partial charge in [0.25, 0.3) is 0 Å². The fourth-order valence-corrected chi connectivity index (χ4v) is 3.80. The highest BCUT2D eigenvalue weighted by molar-refractivity contribution is 6.30. The number of rotatable bonds is 6. The number of ether oxygens (including phenoxy) is 1. The lowest BCUT2D eigenvalue weighted by molar-refractivity contribution is -0.121. The maximum Gasteiger partial charge on any atom is 0.222 e. The maximum atomic E-state index is 13.7. The summed E-state index contributed by atoms with van der Waals surface area (Å²) in [6.45, 7) is 3.40. The summed E-state index contributed by atoms with van der Waals surface area (Å²) in [6.07, 6.45) is 0.274. The molecule has 0 saturated heterocycles. The van der Waals surface area contributed by atoms with Crippen LogP contribution in [0.2, 0.25) is 5.02 Å². The number of carbonyl (C=O) groups excluding carboxylic acids is 1. The van der Waals surface area contributed by atoms with Crippen molar-refractivity contribution in [3.8, 4) is 5.75 Å². The van der Waals surface area contributed by atoms with Gasteiger partial charge in [-0.25, -0.2) is 4.39 Å². The Kier molecular flexibility index (Phi) is 6.42. The van der Waals surface area contributed by atoms with Crippen LogP contribution in [0.1, 0.15) is 23.1 Å². The van der Waals surface area contributed by atoms with Gasteiger partial charge in [-0.15, -0.1) is 0 Å². The number of nitrogens with one attached hydrogen (secondary N) is 1. The van der Waals surface area contributed by atoms with E-state index >= 15 is 0 Å². The molecule has 4 nitrogen and oxygen atoms in total. The van der Waals surface area contributed by atoms with Gasteiger partial charge in [-0.3, -0.25) is 4.79 Å². The van der Waals surface area contributed by atoms with E-state index < -0.39 is 0 Å². The summed E-state index contributed by atoms with van der Waals surface area (Å²) in [6, 6.07) is 20.0. The van der Waals surface area contributed by atoms with E-state index in [2.05, 4.69) is 34.5 Å². The van der Waals surface area contributed by atoms with Gasteiger partial charge in [0.05, 0.1) is 18.2 Å². The van der Waals surface area contributed by atoms with Crippen LogP contribution in [0.4, 0.5) is 10.1 Å². The van der Waals surface area contributed by atoms with E-state index in [-0.39, 0.29) is 24.2 Å². The number of anilines is 1. The Balaban J connectivity index is 1.48. The van der Waals surface area contributed by atoms with E-state index in [1.54, 1.807) is 18.2 Å². The summed E-state index contributed by atoms with van der Waals surface area (Å²) in [5, 5.41) is 3.63. The molecular weight excluding hydrogens is 415 g/mol. The third kappa shape index (κ3) is 5.36. The molecule has 1 N–H and O–H groups in total. The first-order valence-corrected chi connectivity index (χ1v) is 10.6. The third-order valence-electron chi connectivity index (χ3n) is 5.40. The highest BCUT2D eigenvalue weighted by Crippen LogP contribution is 2.36. The molecule has 0 radical (unpaired) electrons. The highest BCUT2D eigenvalue weighted by Gasteiger charge is 2.29. The summed E-state index contributed by atoms with van der Waals surface area (Å²) in [4.78, 5) is 14.8. The quantitative estimate of drug-likeness (QED) is 0.570. The van der Waals surface area contributed by atoms with Crippen LogP contribution < -0.4 is 15.0 Å². The van der Waals surface area contributed by atoms with E-state index in [1.165, 1.54) is 17.7 Å². The summed E-state index contributed by atoms with van der Waals surface area (Å²) in [5.41, 5.74) is 4.08. The van der Waals surface area contributed by atoms with E-state index in [0.29, 0.717) is 30.5 Å². The first kappa shape index (κ1) is 21.2. The van der Waals surface area contributed by atoms with Gasteiger partial charge in [-0.1, -0.05) is 53.6 Å². The van der Waals surface area contributed by atoms with Gasteiger partial charge >= 0.3 is 0 Å². The maximum absolute atomic E-state index is 13.7. The number of nitrogens with zero attached hydrogens (tertiary/aromatic N) is 1. The first-order valence-electron chi connectivity index (χ1n) is 10.2. The summed E-state index contributed by atoms with van der Waals surface area (Å²) < 4.78 is 19.5. The fraction of sp³-hybridized carbons (Fsp3) is 0.240. The molecule has 0 aliphatic carbocycles. The van der Waals surface area contributed by atoms with Crippen molar-refractivity contribution in [1.82, 2.24) is 5.32 Å². The van der Waals surface area contributed by atoms with Gasteiger partial charge in [-0.2, -0.15) is 0 Å². The van der Waals surface area contributed by atoms with Crippen molar-refractivity contribution in [3.05, 3.63) is 94.3 Å². The molecule has 0 fully saturated rings. The van der Waals surface area contributed by atoms with Crippen LogP contribution in [0, 0.1) is 12.7 Å². The van der Waals surface area contributed by atoms with Crippen LogP contribution in [-0.4, -0.2) is 18.6 Å². The predicted octanol–water partition coefficient (Wildman–Crippen LogP) is 5.26. The summed E-state index contributed by atoms with van der Waals surface area (Å²) in [5.74, 6) is 0.0983. The zero-order valence-electron chi connectivity index (χ0n) is 17.3. The summed E-state index contributed by atoms with van der Waals surface area (Å²) in [7, 11) is 0. The van der Waals surface area contributed by atoms with Gasteiger partial charge in [0, 0.05) is 24.2 Å². The number of fused-ring (bicyclic) bond motifs is 1. The molecule has 1 atom stereocenters. The van der Waals surface area contributed by atoms with Crippen molar-refractivity contribution in [2.75, 3.05) is 11.5 Å². The van der Waals surface area contributed by atoms with Crippen molar-refractivity contribution in [2.45, 2.75) is 32.5 Å². The van der Waals surface area contributed by atoms with E-state index in [0.717, 1.165) is 16.8 Å². The molecule has 0 bridgehead atoms. The fourth-order valence-electron chi connectivity index (χ4n) is 3.68. The highest BCUT2D eigenvalue weighted by atomic mass is 35.5. The predicted molar refractivity (Wildman–Crippen MR) is 121 cm³/mol. The average molecular weight is 439 g/mol. The monoisotopic (exact) mass is 438 g/mol. The SMILES string of the molecule is Cc1ccc(CN2c3ccc(F)cc3OC[C@H]2CC(=O)NCc2ccc(Cl)cc2)cc1. The molecule has 0 saturated carbocycles. The Morgan fingerprint density at radius 1 is 1.10 bits per heavy atom. The lowest BCUT2D eigenvalue weighted by Crippen LogP contribution is -2.45. The Morgan fingerprint density at radius 3 is 2.55 bits per heavy atom. The number of benzene rings is 3. The van der Waals surface area contributed by atoms with E-state index in [9.17, 15) is 9.18 Å². The molecule has 6 heteroatoms. The topological polar surface area (TPSA) is 41.6 Å². The average Bonchev–Trinajstić information content (AvgIpc) is 2.76. The molecule has 1 heterocycles. The molecule has 0 spiro atoms. The molecule has 160 valence electrons. The molecule has 1 aliphatic heterocycles. The lowest BCUT2D eigenvalue weighted by Gasteiger charge is -2.38. The normalized spacial score (nSPS) is 15.2. The Hall–Kier alpha value is -3.05. The van der Waals surface area contributed by atoms with Crippen molar-refractivity contribution in [2.24, 2.45) is 0 Å². The van der Waals surface area contributed by atoms with Gasteiger partial charge in [0.2, 0.25) is 5.91 Å². The summed E-state index contributed by atoms with van der Waals surface area (Å²) >= 11 is 5.92. The molecule has 0 unspecified atom stereocenters. The molecule has 0 aromatic heterocycles. The lowest BCUT2D eigenvalue weighted by atomic mass is 10.1. The standard InChI is InChI=1S/C25H24ClFN2O2/c1-17-2-4-19(5-3-17)15-29-22(16-31-24-12-21(27)10-11-23(24)29)13-25(30)28-14-18-6-8-20(26)9-7-18/h2-12,22H,13-16H2,1H3,(H,28,30)/t22-/m1/s1. The minimum Gasteiger partial charge on any atom is -0.489 e. The first-order chi connectivity index (χ1) is 15.0. The van der Waals surface area contributed by atoms with Crippen molar-refractivity contribution in [1.29, 1.82) is 0 Å². The van der Waals surface area contributed by atoms with Crippen molar-refractivity contribution < 1.29 is 13.9 Å². The molecular formula is C25H24ClFN2O2. The Morgan fingerprint density at radius 2 is 1.81 bits per heavy atom. The number of hydrogen-bond donors (Lipinski definition) is 1. The molecule has 31 heavy (non-hydrogen) atoms. The van der Waals surface area contributed by atoms with Gasteiger partial charge < -0.3 is 15.0 Å². The van der Waals surface area contributed by atoms with Crippen LogP contribution in [0.15, 0.2) is 66.7 Å². The van der Waals surface area contributed by atoms with E-state index in [4.69, 9.17) is 16.3 Å². The molecule has 1 amide bonds. The van der Waals surface area contributed by atoms with Crippen LogP contribution in [0.3, 0.4) is 0 Å². The zero-order chi connectivity index (χ0) is 21.8. The van der Waals surface area contributed by atoms with Crippen LogP contribution >= 0.6 is 11.6 Å². The van der Waals surface area contributed by atoms with Crippen molar-refractivity contribution >= 4 is 23.2 Å². The molecule has 4 rings (SSSR count). The zero-order valence-corrected chi connectivity index (χ0v) is 18.0. The second-order valence-electron chi connectivity index (χ2n) is 7.80. The number of halogens is 2. The smallest absolute Gasteiger partial charge is 0.222 e. The minimum atomic E-state index is -0.340. The largest absolute Gasteiger partial charge is 0.489 e. The number of hydrogen-bond acceptors (Lipinski definition) is 3. The van der Waals surface area contributed by atoms with Crippen LogP contribution in [0.25, 0.3) is 0 Å². The van der Waals surface area contributed by atoms with Crippen molar-refractivity contribution in [3.63, 3.8) is 0 Å².